The number of thioether (sulfide) groups is 1. The van der Waals surface area contributed by atoms with E-state index in [9.17, 15) is 9.18 Å². The molecule has 1 saturated heterocycles. The van der Waals surface area contributed by atoms with Crippen molar-refractivity contribution < 1.29 is 9.18 Å². The van der Waals surface area contributed by atoms with E-state index >= 15 is 0 Å². The number of rotatable bonds is 4. The lowest BCUT2D eigenvalue weighted by Crippen LogP contribution is -2.48. The SMILES string of the molecule is C[C@H](C(=O)NCc1ncccc1F)N1CCSCC1. The van der Waals surface area contributed by atoms with Crippen LogP contribution in [0.4, 0.5) is 4.39 Å². The molecule has 1 aliphatic rings. The molecule has 4 nitrogen and oxygen atoms in total. The first-order valence-electron chi connectivity index (χ1n) is 6.37. The molecule has 19 heavy (non-hydrogen) atoms. The number of nitrogens with zero attached hydrogens (tertiary/aromatic N) is 2. The number of aromatic nitrogens is 1. The lowest BCUT2D eigenvalue weighted by atomic mass is 10.2. The fraction of sp³-hybridized carbons (Fsp3) is 0.538. The first kappa shape index (κ1) is 14.3. The van der Waals surface area contributed by atoms with Crippen LogP contribution >= 0.6 is 11.8 Å². The van der Waals surface area contributed by atoms with Crippen LogP contribution in [0.15, 0.2) is 18.3 Å². The second-order valence-electron chi connectivity index (χ2n) is 4.47. The van der Waals surface area contributed by atoms with Gasteiger partial charge in [-0.2, -0.15) is 11.8 Å². The van der Waals surface area contributed by atoms with Gasteiger partial charge < -0.3 is 5.32 Å². The molecule has 1 atom stereocenters. The first-order chi connectivity index (χ1) is 9.18. The maximum atomic E-state index is 13.4. The van der Waals surface area contributed by atoms with E-state index in [1.54, 1.807) is 0 Å². The lowest BCUT2D eigenvalue weighted by molar-refractivity contribution is -0.126. The molecule has 1 fully saturated rings. The first-order valence-corrected chi connectivity index (χ1v) is 7.53. The highest BCUT2D eigenvalue weighted by molar-refractivity contribution is 7.99. The van der Waals surface area contributed by atoms with Crippen LogP contribution < -0.4 is 5.32 Å². The molecule has 1 aliphatic heterocycles. The average Bonchev–Trinajstić information content (AvgIpc) is 2.46. The van der Waals surface area contributed by atoms with Gasteiger partial charge in [0.2, 0.25) is 5.91 Å². The van der Waals surface area contributed by atoms with Gasteiger partial charge >= 0.3 is 0 Å². The predicted octanol–water partition coefficient (Wildman–Crippen LogP) is 1.27. The van der Waals surface area contributed by atoms with Gasteiger partial charge in [-0.3, -0.25) is 14.7 Å². The zero-order valence-electron chi connectivity index (χ0n) is 10.9. The van der Waals surface area contributed by atoms with Crippen molar-refractivity contribution >= 4 is 17.7 Å². The van der Waals surface area contributed by atoms with Gasteiger partial charge in [-0.05, 0) is 19.1 Å². The van der Waals surface area contributed by atoms with Crippen LogP contribution in [0.3, 0.4) is 0 Å². The zero-order chi connectivity index (χ0) is 13.7. The molecule has 1 aromatic heterocycles. The maximum Gasteiger partial charge on any atom is 0.237 e. The second-order valence-corrected chi connectivity index (χ2v) is 5.70. The molecule has 0 unspecified atom stereocenters. The van der Waals surface area contributed by atoms with Gasteiger partial charge in [0, 0.05) is 30.8 Å². The topological polar surface area (TPSA) is 45.2 Å². The predicted molar refractivity (Wildman–Crippen MR) is 74.4 cm³/mol. The third-order valence-corrected chi connectivity index (χ3v) is 4.18. The van der Waals surface area contributed by atoms with E-state index in [0.29, 0.717) is 0 Å². The van der Waals surface area contributed by atoms with Crippen LogP contribution in [0.1, 0.15) is 12.6 Å². The summed E-state index contributed by atoms with van der Waals surface area (Å²) in [5, 5.41) is 2.75. The summed E-state index contributed by atoms with van der Waals surface area (Å²) in [5.41, 5.74) is 0.275. The van der Waals surface area contributed by atoms with Gasteiger partial charge in [-0.1, -0.05) is 0 Å². The number of carbonyl (C=O) groups is 1. The van der Waals surface area contributed by atoms with Crippen molar-refractivity contribution in [2.75, 3.05) is 24.6 Å². The smallest absolute Gasteiger partial charge is 0.237 e. The van der Waals surface area contributed by atoms with Crippen LogP contribution in [-0.4, -0.2) is 46.4 Å². The van der Waals surface area contributed by atoms with E-state index in [0.717, 1.165) is 24.6 Å². The minimum Gasteiger partial charge on any atom is -0.349 e. The fourth-order valence-corrected chi connectivity index (χ4v) is 2.93. The van der Waals surface area contributed by atoms with Crippen LogP contribution in [-0.2, 0) is 11.3 Å². The summed E-state index contributed by atoms with van der Waals surface area (Å²) in [6.07, 6.45) is 1.52. The van der Waals surface area contributed by atoms with Crippen molar-refractivity contribution in [3.05, 3.63) is 29.8 Å². The third-order valence-electron chi connectivity index (χ3n) is 3.24. The van der Waals surface area contributed by atoms with E-state index in [1.807, 2.05) is 18.7 Å². The van der Waals surface area contributed by atoms with Crippen LogP contribution in [0.5, 0.6) is 0 Å². The molecule has 0 bridgehead atoms. The molecule has 0 aliphatic carbocycles. The Hall–Kier alpha value is -1.14. The van der Waals surface area contributed by atoms with Crippen LogP contribution in [0, 0.1) is 5.82 Å². The summed E-state index contributed by atoms with van der Waals surface area (Å²) >= 11 is 1.91. The molecule has 1 aromatic rings. The Morgan fingerprint density at radius 2 is 2.32 bits per heavy atom. The lowest BCUT2D eigenvalue weighted by Gasteiger charge is -2.31. The number of halogens is 1. The van der Waals surface area contributed by atoms with Gasteiger partial charge in [0.25, 0.3) is 0 Å². The van der Waals surface area contributed by atoms with Crippen molar-refractivity contribution in [1.29, 1.82) is 0 Å². The van der Waals surface area contributed by atoms with E-state index in [-0.39, 0.29) is 30.0 Å². The molecule has 0 saturated carbocycles. The molecule has 1 amide bonds. The molecule has 0 radical (unpaired) electrons. The Balaban J connectivity index is 1.85. The largest absolute Gasteiger partial charge is 0.349 e. The van der Waals surface area contributed by atoms with E-state index in [1.165, 1.54) is 18.3 Å². The van der Waals surface area contributed by atoms with Gasteiger partial charge in [0.15, 0.2) is 0 Å². The Kier molecular flexibility index (Phi) is 5.15. The molecule has 0 spiro atoms. The summed E-state index contributed by atoms with van der Waals surface area (Å²) in [6.45, 7) is 3.88. The molecule has 104 valence electrons. The third kappa shape index (κ3) is 3.91. The number of carbonyl (C=O) groups excluding carboxylic acids is 1. The monoisotopic (exact) mass is 283 g/mol. The normalized spacial score (nSPS) is 18.0. The maximum absolute atomic E-state index is 13.4. The number of hydrogen-bond acceptors (Lipinski definition) is 4. The quantitative estimate of drug-likeness (QED) is 0.904. The summed E-state index contributed by atoms with van der Waals surface area (Å²) in [7, 11) is 0. The van der Waals surface area contributed by atoms with Crippen molar-refractivity contribution in [1.82, 2.24) is 15.2 Å². The van der Waals surface area contributed by atoms with E-state index in [4.69, 9.17) is 0 Å². The van der Waals surface area contributed by atoms with E-state index < -0.39 is 0 Å². The summed E-state index contributed by atoms with van der Waals surface area (Å²) in [4.78, 5) is 18.1. The van der Waals surface area contributed by atoms with Crippen molar-refractivity contribution in [3.8, 4) is 0 Å². The fourth-order valence-electron chi connectivity index (χ4n) is 2.00. The molecule has 2 rings (SSSR count). The van der Waals surface area contributed by atoms with Crippen molar-refractivity contribution in [3.63, 3.8) is 0 Å². The minimum absolute atomic E-state index is 0.0723. The standard InChI is InChI=1S/C13H18FN3OS/c1-10(17-5-7-19-8-6-17)13(18)16-9-12-11(14)3-2-4-15-12/h2-4,10H,5-9H2,1H3,(H,16,18)/t10-/m1/s1. The molecule has 0 aromatic carbocycles. The van der Waals surface area contributed by atoms with Crippen molar-refractivity contribution in [2.24, 2.45) is 0 Å². The highest BCUT2D eigenvalue weighted by Crippen LogP contribution is 2.12. The Morgan fingerprint density at radius 3 is 3.00 bits per heavy atom. The van der Waals surface area contributed by atoms with Gasteiger partial charge in [0.1, 0.15) is 5.82 Å². The molecule has 1 N–H and O–H groups in total. The molecule has 6 heteroatoms. The number of amides is 1. The highest BCUT2D eigenvalue weighted by Gasteiger charge is 2.22. The van der Waals surface area contributed by atoms with Crippen molar-refractivity contribution in [2.45, 2.75) is 19.5 Å². The number of pyridine rings is 1. The number of hydrogen-bond donors (Lipinski definition) is 1. The van der Waals surface area contributed by atoms with Gasteiger partial charge in [0.05, 0.1) is 18.3 Å². The Labute approximate surface area is 116 Å². The van der Waals surface area contributed by atoms with Gasteiger partial charge in [-0.25, -0.2) is 4.39 Å². The van der Waals surface area contributed by atoms with Crippen LogP contribution in [0.2, 0.25) is 0 Å². The second kappa shape index (κ2) is 6.86. The van der Waals surface area contributed by atoms with Crippen LogP contribution in [0.25, 0.3) is 0 Å². The summed E-state index contributed by atoms with van der Waals surface area (Å²) in [6, 6.07) is 2.71. The van der Waals surface area contributed by atoms with Gasteiger partial charge in [-0.15, -0.1) is 0 Å². The Morgan fingerprint density at radius 1 is 1.58 bits per heavy atom. The van der Waals surface area contributed by atoms with E-state index in [2.05, 4.69) is 15.2 Å². The Bertz CT molecular complexity index is 438. The minimum atomic E-state index is -0.384. The average molecular weight is 283 g/mol. The highest BCUT2D eigenvalue weighted by atomic mass is 32.2. The molecular weight excluding hydrogens is 265 g/mol. The molecular formula is C13H18FN3OS. The summed E-state index contributed by atoms with van der Waals surface area (Å²) < 4.78 is 13.4. The number of nitrogens with one attached hydrogen (secondary N) is 1. The molecule has 2 heterocycles. The zero-order valence-corrected chi connectivity index (χ0v) is 11.8. The summed E-state index contributed by atoms with van der Waals surface area (Å²) in [5.74, 6) is 1.67.